The third-order valence-electron chi connectivity index (χ3n) is 4.54. The lowest BCUT2D eigenvalue weighted by Crippen LogP contribution is -2.10. The highest BCUT2D eigenvalue weighted by molar-refractivity contribution is 5.96. The van der Waals surface area contributed by atoms with Gasteiger partial charge in [-0.3, -0.25) is 4.79 Å². The van der Waals surface area contributed by atoms with Gasteiger partial charge in [-0.15, -0.1) is 0 Å². The number of methoxy groups -OCH3 is 1. The number of benzene rings is 2. The van der Waals surface area contributed by atoms with Gasteiger partial charge < -0.3 is 14.6 Å². The molecule has 3 rings (SSSR count). The van der Waals surface area contributed by atoms with Crippen molar-refractivity contribution >= 4 is 22.5 Å². The number of anilines is 1. The summed E-state index contributed by atoms with van der Waals surface area (Å²) in [7, 11) is 1.59. The fourth-order valence-corrected chi connectivity index (χ4v) is 3.20. The van der Waals surface area contributed by atoms with Gasteiger partial charge in [0.2, 0.25) is 5.91 Å². The molecule has 0 saturated carbocycles. The van der Waals surface area contributed by atoms with E-state index in [-0.39, 0.29) is 18.0 Å². The topological polar surface area (TPSA) is 67.1 Å². The molecule has 2 aromatic carbocycles. The number of carbonyl (C=O) groups is 1. The molecule has 0 unspecified atom stereocenters. The predicted octanol–water partition coefficient (Wildman–Crippen LogP) is 4.70. The van der Waals surface area contributed by atoms with E-state index in [1.165, 1.54) is 12.1 Å². The van der Waals surface area contributed by atoms with Crippen LogP contribution in [-0.4, -0.2) is 17.6 Å². The molecule has 0 aliphatic carbocycles. The van der Waals surface area contributed by atoms with Gasteiger partial charge in [-0.25, -0.2) is 4.39 Å². The molecule has 0 fully saturated rings. The van der Waals surface area contributed by atoms with Crippen LogP contribution in [0.15, 0.2) is 36.4 Å². The van der Waals surface area contributed by atoms with Gasteiger partial charge in [0.1, 0.15) is 17.6 Å². The van der Waals surface area contributed by atoms with Gasteiger partial charge in [0.15, 0.2) is 0 Å². The van der Waals surface area contributed by atoms with Crippen molar-refractivity contribution in [3.8, 4) is 23.1 Å². The molecule has 1 N–H and O–H groups in total. The van der Waals surface area contributed by atoms with Crippen molar-refractivity contribution in [3.05, 3.63) is 47.8 Å². The standard InChI is InChI=1S/C21H20FN3O2/c1-4-20(26)24-18-9-6-13(10-17(18)22)21-16(12-23)15-8-7-14(27-3)11-19(15)25(21)5-2/h6-11H,4-5H2,1-3H3,(H,24,26). The normalized spacial score (nSPS) is 10.6. The predicted molar refractivity (Wildman–Crippen MR) is 103 cm³/mol. The third-order valence-corrected chi connectivity index (χ3v) is 4.54. The third kappa shape index (κ3) is 3.24. The summed E-state index contributed by atoms with van der Waals surface area (Å²) in [4.78, 5) is 11.5. The molecule has 5 nitrogen and oxygen atoms in total. The van der Waals surface area contributed by atoms with Crippen molar-refractivity contribution in [1.82, 2.24) is 4.57 Å². The largest absolute Gasteiger partial charge is 0.497 e. The minimum atomic E-state index is -0.538. The van der Waals surface area contributed by atoms with Crippen LogP contribution in [0.3, 0.4) is 0 Å². The van der Waals surface area contributed by atoms with Gasteiger partial charge in [-0.2, -0.15) is 5.26 Å². The minimum absolute atomic E-state index is 0.130. The first-order valence-electron chi connectivity index (χ1n) is 8.74. The Labute approximate surface area is 157 Å². The van der Waals surface area contributed by atoms with Gasteiger partial charge in [0.25, 0.3) is 0 Å². The summed E-state index contributed by atoms with van der Waals surface area (Å²) in [6, 6.07) is 12.4. The number of hydrogen-bond acceptors (Lipinski definition) is 3. The van der Waals surface area contributed by atoms with Crippen LogP contribution in [0, 0.1) is 17.1 Å². The molecule has 1 aromatic heterocycles. The molecule has 138 valence electrons. The fraction of sp³-hybridized carbons (Fsp3) is 0.238. The Morgan fingerprint density at radius 2 is 2.04 bits per heavy atom. The van der Waals surface area contributed by atoms with E-state index in [0.29, 0.717) is 29.1 Å². The summed E-state index contributed by atoms with van der Waals surface area (Å²) in [5.74, 6) is -0.104. The molecule has 1 amide bonds. The number of ether oxygens (including phenoxy) is 1. The molecule has 6 heteroatoms. The molecule has 0 aliphatic heterocycles. The maximum Gasteiger partial charge on any atom is 0.224 e. The van der Waals surface area contributed by atoms with Crippen LogP contribution in [0.2, 0.25) is 0 Å². The zero-order chi connectivity index (χ0) is 19.6. The number of nitriles is 1. The molecular formula is C21H20FN3O2. The average molecular weight is 365 g/mol. The zero-order valence-corrected chi connectivity index (χ0v) is 15.5. The van der Waals surface area contributed by atoms with Crippen LogP contribution in [0.1, 0.15) is 25.8 Å². The average Bonchev–Trinajstić information content (AvgIpc) is 3.01. The number of aromatic nitrogens is 1. The lowest BCUT2D eigenvalue weighted by molar-refractivity contribution is -0.115. The van der Waals surface area contributed by atoms with E-state index < -0.39 is 5.82 Å². The molecule has 0 aliphatic rings. The molecular weight excluding hydrogens is 345 g/mol. The van der Waals surface area contributed by atoms with Gasteiger partial charge in [-0.1, -0.05) is 13.0 Å². The first kappa shape index (κ1) is 18.5. The number of halogens is 1. The number of nitrogens with one attached hydrogen (secondary N) is 1. The van der Waals surface area contributed by atoms with Crippen LogP contribution in [0.5, 0.6) is 5.75 Å². The Kier molecular flexibility index (Phi) is 5.13. The molecule has 27 heavy (non-hydrogen) atoms. The number of aryl methyl sites for hydroxylation is 1. The second-order valence-electron chi connectivity index (χ2n) is 6.06. The van der Waals surface area contributed by atoms with E-state index in [1.54, 1.807) is 26.2 Å². The lowest BCUT2D eigenvalue weighted by Gasteiger charge is -2.11. The lowest BCUT2D eigenvalue weighted by atomic mass is 10.1. The van der Waals surface area contributed by atoms with Crippen molar-refractivity contribution in [2.75, 3.05) is 12.4 Å². The van der Waals surface area contributed by atoms with E-state index in [1.807, 2.05) is 23.6 Å². The van der Waals surface area contributed by atoms with Crippen molar-refractivity contribution in [1.29, 1.82) is 5.26 Å². The van der Waals surface area contributed by atoms with Crippen molar-refractivity contribution in [3.63, 3.8) is 0 Å². The fourth-order valence-electron chi connectivity index (χ4n) is 3.20. The minimum Gasteiger partial charge on any atom is -0.497 e. The Bertz CT molecular complexity index is 1060. The summed E-state index contributed by atoms with van der Waals surface area (Å²) in [5, 5.41) is 13.1. The van der Waals surface area contributed by atoms with E-state index in [9.17, 15) is 14.4 Å². The monoisotopic (exact) mass is 365 g/mol. The highest BCUT2D eigenvalue weighted by Crippen LogP contribution is 2.36. The second-order valence-corrected chi connectivity index (χ2v) is 6.06. The Hall–Kier alpha value is -3.33. The smallest absolute Gasteiger partial charge is 0.224 e. The highest BCUT2D eigenvalue weighted by atomic mass is 19.1. The van der Waals surface area contributed by atoms with Crippen LogP contribution < -0.4 is 10.1 Å². The number of rotatable bonds is 5. The molecule has 0 saturated heterocycles. The van der Waals surface area contributed by atoms with Crippen LogP contribution >= 0.6 is 0 Å². The number of hydrogen-bond donors (Lipinski definition) is 1. The Morgan fingerprint density at radius 1 is 1.26 bits per heavy atom. The molecule has 0 bridgehead atoms. The SMILES string of the molecule is CCC(=O)Nc1ccc(-c2c(C#N)c3ccc(OC)cc3n2CC)cc1F. The van der Waals surface area contributed by atoms with E-state index in [2.05, 4.69) is 11.4 Å². The van der Waals surface area contributed by atoms with E-state index >= 15 is 0 Å². The highest BCUT2D eigenvalue weighted by Gasteiger charge is 2.19. The quantitative estimate of drug-likeness (QED) is 0.713. The first-order valence-corrected chi connectivity index (χ1v) is 8.74. The summed E-state index contributed by atoms with van der Waals surface area (Å²) in [5.41, 5.74) is 2.70. The van der Waals surface area contributed by atoms with Crippen LogP contribution in [0.4, 0.5) is 10.1 Å². The molecule has 0 atom stereocenters. The number of amides is 1. The first-order chi connectivity index (χ1) is 13.0. The Balaban J connectivity index is 2.20. The van der Waals surface area contributed by atoms with E-state index in [0.717, 1.165) is 10.9 Å². The zero-order valence-electron chi connectivity index (χ0n) is 15.5. The number of nitrogens with zero attached hydrogens (tertiary/aromatic N) is 2. The summed E-state index contributed by atoms with van der Waals surface area (Å²) in [6.07, 6.45) is 0.270. The summed E-state index contributed by atoms with van der Waals surface area (Å²) in [6.45, 7) is 4.28. The van der Waals surface area contributed by atoms with Crippen molar-refractivity contribution < 1.29 is 13.9 Å². The van der Waals surface area contributed by atoms with Gasteiger partial charge in [-0.05, 0) is 31.2 Å². The molecule has 0 radical (unpaired) electrons. The van der Waals surface area contributed by atoms with Gasteiger partial charge >= 0.3 is 0 Å². The van der Waals surface area contributed by atoms with Crippen molar-refractivity contribution in [2.24, 2.45) is 0 Å². The van der Waals surface area contributed by atoms with E-state index in [4.69, 9.17) is 4.74 Å². The molecule has 0 spiro atoms. The van der Waals surface area contributed by atoms with Gasteiger partial charge in [0, 0.05) is 30.0 Å². The maximum absolute atomic E-state index is 14.6. The maximum atomic E-state index is 14.6. The number of carbonyl (C=O) groups excluding carboxylic acids is 1. The molecule has 1 heterocycles. The number of fused-ring (bicyclic) bond motifs is 1. The van der Waals surface area contributed by atoms with Crippen LogP contribution in [0.25, 0.3) is 22.2 Å². The Morgan fingerprint density at radius 3 is 2.63 bits per heavy atom. The van der Waals surface area contributed by atoms with Gasteiger partial charge in [0.05, 0.1) is 29.6 Å². The summed E-state index contributed by atoms with van der Waals surface area (Å²) >= 11 is 0. The van der Waals surface area contributed by atoms with Crippen molar-refractivity contribution in [2.45, 2.75) is 26.8 Å². The summed E-state index contributed by atoms with van der Waals surface area (Å²) < 4.78 is 21.8. The molecule has 3 aromatic rings. The second kappa shape index (κ2) is 7.50. The van der Waals surface area contributed by atoms with Crippen LogP contribution in [-0.2, 0) is 11.3 Å².